The van der Waals surface area contributed by atoms with Crippen LogP contribution in [0.25, 0.3) is 0 Å². The van der Waals surface area contributed by atoms with Crippen LogP contribution in [0, 0.1) is 18.8 Å². The summed E-state index contributed by atoms with van der Waals surface area (Å²) in [7, 11) is -1.40. The van der Waals surface area contributed by atoms with Gasteiger partial charge in [0.25, 0.3) is 0 Å². The molecule has 114 valence electrons. The van der Waals surface area contributed by atoms with Gasteiger partial charge in [0.15, 0.2) is 0 Å². The molecule has 1 rings (SSSR count). The number of benzene rings is 1. The average Bonchev–Trinajstić information content (AvgIpc) is 2.44. The van der Waals surface area contributed by atoms with E-state index in [0.29, 0.717) is 0 Å². The van der Waals surface area contributed by atoms with Crippen molar-refractivity contribution in [3.05, 3.63) is 29.3 Å². The lowest BCUT2D eigenvalue weighted by atomic mass is 10.1. The maximum absolute atomic E-state index is 12.5. The standard InChI is InChI=1S/C14H17NO5S/c1-11-6-7-13(12(9-11)5-4-8-16)21(18,19)15(2)10-14(17)20-3/h6-7,9,16H,8,10H2,1-3H3. The predicted molar refractivity (Wildman–Crippen MR) is 77.0 cm³/mol. The van der Waals surface area contributed by atoms with E-state index in [0.717, 1.165) is 9.87 Å². The predicted octanol–water partition coefficient (Wildman–Crippen LogP) is 0.132. The Balaban J connectivity index is 3.28. The second kappa shape index (κ2) is 7.22. The van der Waals surface area contributed by atoms with Gasteiger partial charge in [-0.2, -0.15) is 4.31 Å². The van der Waals surface area contributed by atoms with Crippen molar-refractivity contribution in [3.8, 4) is 11.8 Å². The SMILES string of the molecule is COC(=O)CN(C)S(=O)(=O)c1ccc(C)cc1C#CCO. The van der Waals surface area contributed by atoms with Crippen molar-refractivity contribution in [2.75, 3.05) is 27.3 Å². The fourth-order valence-corrected chi connectivity index (χ4v) is 2.84. The number of likely N-dealkylation sites (N-methyl/N-ethyl adjacent to an activating group) is 1. The Morgan fingerprint density at radius 3 is 2.67 bits per heavy atom. The molecule has 0 radical (unpaired) electrons. The largest absolute Gasteiger partial charge is 0.468 e. The maximum atomic E-state index is 12.5. The number of aliphatic hydroxyl groups excluding tert-OH is 1. The minimum absolute atomic E-state index is 0.0135. The number of methoxy groups -OCH3 is 1. The molecule has 1 aromatic carbocycles. The third kappa shape index (κ3) is 4.29. The van der Waals surface area contributed by atoms with Crippen LogP contribution in [-0.2, 0) is 19.6 Å². The molecule has 0 aliphatic heterocycles. The minimum Gasteiger partial charge on any atom is -0.468 e. The molecule has 0 unspecified atom stereocenters. The summed E-state index contributed by atoms with van der Waals surface area (Å²) in [5.41, 5.74) is 1.12. The molecule has 0 heterocycles. The number of ether oxygens (including phenoxy) is 1. The monoisotopic (exact) mass is 311 g/mol. The number of hydrogen-bond donors (Lipinski definition) is 1. The van der Waals surface area contributed by atoms with Crippen LogP contribution in [0.2, 0.25) is 0 Å². The molecule has 0 aromatic heterocycles. The van der Waals surface area contributed by atoms with Crippen molar-refractivity contribution in [2.24, 2.45) is 0 Å². The molecule has 7 heteroatoms. The Kier molecular flexibility index (Phi) is 5.90. The second-order valence-electron chi connectivity index (χ2n) is 4.30. The molecule has 0 aliphatic rings. The van der Waals surface area contributed by atoms with Crippen LogP contribution in [0.3, 0.4) is 0 Å². The van der Waals surface area contributed by atoms with Gasteiger partial charge in [-0.15, -0.1) is 0 Å². The first kappa shape index (κ1) is 17.2. The first-order valence-corrected chi connectivity index (χ1v) is 7.50. The third-order valence-corrected chi connectivity index (χ3v) is 4.57. The van der Waals surface area contributed by atoms with Crippen molar-refractivity contribution in [1.82, 2.24) is 4.31 Å². The van der Waals surface area contributed by atoms with E-state index in [1.165, 1.54) is 20.2 Å². The number of sulfonamides is 1. The molecule has 0 aliphatic carbocycles. The van der Waals surface area contributed by atoms with Crippen molar-refractivity contribution in [1.29, 1.82) is 0 Å². The second-order valence-corrected chi connectivity index (χ2v) is 6.31. The van der Waals surface area contributed by atoms with E-state index in [1.807, 2.05) is 0 Å². The first-order chi connectivity index (χ1) is 9.82. The molecule has 0 atom stereocenters. The summed E-state index contributed by atoms with van der Waals surface area (Å²) in [5, 5.41) is 8.76. The molecule has 0 saturated heterocycles. The number of rotatable bonds is 4. The summed E-state index contributed by atoms with van der Waals surface area (Å²) in [6.07, 6.45) is 0. The van der Waals surface area contributed by atoms with Crippen molar-refractivity contribution in [3.63, 3.8) is 0 Å². The van der Waals surface area contributed by atoms with Crippen molar-refractivity contribution >= 4 is 16.0 Å². The van der Waals surface area contributed by atoms with Gasteiger partial charge in [0.2, 0.25) is 10.0 Å². The number of esters is 1. The van der Waals surface area contributed by atoms with Gasteiger partial charge in [-0.05, 0) is 24.6 Å². The Labute approximate surface area is 124 Å². The highest BCUT2D eigenvalue weighted by Gasteiger charge is 2.25. The van der Waals surface area contributed by atoms with Gasteiger partial charge in [-0.1, -0.05) is 17.9 Å². The van der Waals surface area contributed by atoms with Gasteiger partial charge in [0, 0.05) is 12.6 Å². The number of aryl methyl sites for hydroxylation is 1. The van der Waals surface area contributed by atoms with Gasteiger partial charge in [0.1, 0.15) is 13.2 Å². The van der Waals surface area contributed by atoms with Gasteiger partial charge in [-0.3, -0.25) is 4.79 Å². The highest BCUT2D eigenvalue weighted by molar-refractivity contribution is 7.89. The lowest BCUT2D eigenvalue weighted by molar-refractivity contribution is -0.140. The zero-order chi connectivity index (χ0) is 16.0. The topological polar surface area (TPSA) is 83.9 Å². The van der Waals surface area contributed by atoms with Gasteiger partial charge >= 0.3 is 5.97 Å². The summed E-state index contributed by atoms with van der Waals surface area (Å²) in [4.78, 5) is 11.2. The number of nitrogens with zero attached hydrogens (tertiary/aromatic N) is 1. The number of carbonyl (C=O) groups excluding carboxylic acids is 1. The fraction of sp³-hybridized carbons (Fsp3) is 0.357. The van der Waals surface area contributed by atoms with E-state index < -0.39 is 16.0 Å². The molecule has 0 amide bonds. The molecule has 0 saturated carbocycles. The lowest BCUT2D eigenvalue weighted by Gasteiger charge is -2.17. The summed E-state index contributed by atoms with van der Waals surface area (Å²) < 4.78 is 30.3. The Hall–Kier alpha value is -1.88. The molecule has 6 nitrogen and oxygen atoms in total. The summed E-state index contributed by atoms with van der Waals surface area (Å²) in [6, 6.07) is 4.68. The Morgan fingerprint density at radius 2 is 2.10 bits per heavy atom. The smallest absolute Gasteiger partial charge is 0.321 e. The molecule has 0 spiro atoms. The van der Waals surface area contributed by atoms with E-state index in [2.05, 4.69) is 16.6 Å². The van der Waals surface area contributed by atoms with Crippen LogP contribution in [0.4, 0.5) is 0 Å². The number of carbonyl (C=O) groups is 1. The molecule has 0 fully saturated rings. The zero-order valence-corrected chi connectivity index (χ0v) is 12.9. The van der Waals surface area contributed by atoms with Crippen LogP contribution in [0.1, 0.15) is 11.1 Å². The van der Waals surface area contributed by atoms with Gasteiger partial charge in [0.05, 0.1) is 12.0 Å². The third-order valence-electron chi connectivity index (χ3n) is 2.70. The van der Waals surface area contributed by atoms with Crippen LogP contribution >= 0.6 is 0 Å². The van der Waals surface area contributed by atoms with E-state index in [1.54, 1.807) is 19.1 Å². The molecule has 1 N–H and O–H groups in total. The van der Waals surface area contributed by atoms with Gasteiger partial charge in [-0.25, -0.2) is 8.42 Å². The molecule has 0 bridgehead atoms. The molecule has 21 heavy (non-hydrogen) atoms. The van der Waals surface area contributed by atoms with Crippen molar-refractivity contribution < 1.29 is 23.1 Å². The lowest BCUT2D eigenvalue weighted by Crippen LogP contribution is -2.33. The Bertz CT molecular complexity index is 685. The van der Waals surface area contributed by atoms with E-state index in [9.17, 15) is 13.2 Å². The molecule has 1 aromatic rings. The van der Waals surface area contributed by atoms with Crippen LogP contribution in [-0.4, -0.2) is 51.1 Å². The van der Waals surface area contributed by atoms with Crippen LogP contribution in [0.5, 0.6) is 0 Å². The van der Waals surface area contributed by atoms with Crippen LogP contribution in [0.15, 0.2) is 23.1 Å². The zero-order valence-electron chi connectivity index (χ0n) is 12.1. The van der Waals surface area contributed by atoms with Crippen LogP contribution < -0.4 is 0 Å². The number of aliphatic hydroxyl groups is 1. The van der Waals surface area contributed by atoms with E-state index in [-0.39, 0.29) is 23.6 Å². The normalized spacial score (nSPS) is 10.9. The average molecular weight is 311 g/mol. The highest BCUT2D eigenvalue weighted by atomic mass is 32.2. The maximum Gasteiger partial charge on any atom is 0.321 e. The summed E-state index contributed by atoms with van der Waals surface area (Å²) in [5.74, 6) is 4.38. The highest BCUT2D eigenvalue weighted by Crippen LogP contribution is 2.20. The summed E-state index contributed by atoms with van der Waals surface area (Å²) >= 11 is 0. The van der Waals surface area contributed by atoms with E-state index in [4.69, 9.17) is 5.11 Å². The minimum atomic E-state index is -3.87. The van der Waals surface area contributed by atoms with E-state index >= 15 is 0 Å². The van der Waals surface area contributed by atoms with Gasteiger partial charge < -0.3 is 9.84 Å². The van der Waals surface area contributed by atoms with Crippen molar-refractivity contribution in [2.45, 2.75) is 11.8 Å². The number of hydrogen-bond acceptors (Lipinski definition) is 5. The molecular formula is C14H17NO5S. The molecular weight excluding hydrogens is 294 g/mol. The first-order valence-electron chi connectivity index (χ1n) is 6.06. The fourth-order valence-electron chi connectivity index (χ4n) is 1.60. The quantitative estimate of drug-likeness (QED) is 0.631. The Morgan fingerprint density at radius 1 is 1.43 bits per heavy atom. The summed E-state index contributed by atoms with van der Waals surface area (Å²) in [6.45, 7) is 1.05.